The lowest BCUT2D eigenvalue weighted by molar-refractivity contribution is 0.0697. The van der Waals surface area contributed by atoms with Crippen molar-refractivity contribution in [1.29, 1.82) is 5.26 Å². The van der Waals surface area contributed by atoms with Gasteiger partial charge in [-0.2, -0.15) is 5.26 Å². The predicted octanol–water partition coefficient (Wildman–Crippen LogP) is 2.77. The third kappa shape index (κ3) is 3.39. The predicted molar refractivity (Wildman–Crippen MR) is 72.5 cm³/mol. The third-order valence-corrected chi connectivity index (χ3v) is 2.86. The Morgan fingerprint density at radius 2 is 2.28 bits per heavy atom. The van der Waals surface area contributed by atoms with Gasteiger partial charge >= 0.3 is 5.97 Å². The number of amidine groups is 1. The Labute approximate surface area is 113 Å². The number of carbonyl (C=O) groups is 1. The molecule has 0 radical (unpaired) electrons. The number of thioether (sulfide) groups is 1. The second kappa shape index (κ2) is 6.28. The number of hydrogen-bond donors (Lipinski definition) is 2. The number of nitrogens with zero attached hydrogens (tertiary/aromatic N) is 2. The average Bonchev–Trinajstić information content (AvgIpc) is 2.30. The van der Waals surface area contributed by atoms with Crippen molar-refractivity contribution in [1.82, 2.24) is 5.32 Å². The molecule has 0 aromatic heterocycles. The van der Waals surface area contributed by atoms with E-state index in [2.05, 4.69) is 10.3 Å². The van der Waals surface area contributed by atoms with E-state index in [0.717, 1.165) is 0 Å². The molecular weight excluding hydrogens is 274 g/mol. The second-order valence-corrected chi connectivity index (χ2v) is 4.51. The summed E-state index contributed by atoms with van der Waals surface area (Å²) in [5.74, 6) is -1.11. The summed E-state index contributed by atoms with van der Waals surface area (Å²) in [6.07, 6.45) is 3.47. The van der Waals surface area contributed by atoms with E-state index in [1.165, 1.54) is 17.8 Å². The van der Waals surface area contributed by atoms with Crippen LogP contribution in [0.15, 0.2) is 17.1 Å². The van der Waals surface area contributed by atoms with E-state index in [4.69, 9.17) is 22.0 Å². The van der Waals surface area contributed by atoms with Crippen LogP contribution in [0.5, 0.6) is 0 Å². The summed E-state index contributed by atoms with van der Waals surface area (Å²) in [6, 6.07) is 2.96. The Morgan fingerprint density at radius 3 is 2.78 bits per heavy atom. The molecule has 0 aliphatic heterocycles. The lowest BCUT2D eigenvalue weighted by atomic mass is 10.1. The molecule has 5 nitrogen and oxygen atoms in total. The van der Waals surface area contributed by atoms with E-state index in [1.807, 2.05) is 0 Å². The first kappa shape index (κ1) is 14.4. The Morgan fingerprint density at radius 1 is 1.61 bits per heavy atom. The van der Waals surface area contributed by atoms with E-state index in [9.17, 15) is 4.79 Å². The monoisotopic (exact) mass is 283 g/mol. The molecule has 0 fully saturated rings. The maximum absolute atomic E-state index is 11.1. The van der Waals surface area contributed by atoms with Crippen molar-refractivity contribution in [2.75, 3.05) is 6.26 Å². The molecule has 1 aromatic carbocycles. The first-order valence-electron chi connectivity index (χ1n) is 4.80. The highest BCUT2D eigenvalue weighted by molar-refractivity contribution is 8.13. The van der Waals surface area contributed by atoms with Gasteiger partial charge in [0.15, 0.2) is 11.4 Å². The number of hydrogen-bond acceptors (Lipinski definition) is 4. The number of carboxylic acids is 1. The van der Waals surface area contributed by atoms with Crippen LogP contribution in [0.3, 0.4) is 0 Å². The highest BCUT2D eigenvalue weighted by Gasteiger charge is 2.14. The summed E-state index contributed by atoms with van der Waals surface area (Å²) in [6.45, 7) is 1.71. The van der Waals surface area contributed by atoms with Crippen LogP contribution in [0, 0.1) is 18.4 Å². The molecule has 1 aromatic rings. The molecule has 0 saturated heterocycles. The Hall–Kier alpha value is -1.71. The zero-order valence-corrected chi connectivity index (χ0v) is 11.3. The summed E-state index contributed by atoms with van der Waals surface area (Å²) in [5, 5.41) is 20.7. The van der Waals surface area contributed by atoms with Crippen LogP contribution in [-0.4, -0.2) is 22.5 Å². The first-order valence-corrected chi connectivity index (χ1v) is 6.41. The van der Waals surface area contributed by atoms with Gasteiger partial charge < -0.3 is 5.11 Å². The Balaban J connectivity index is 3.39. The molecule has 1 rings (SSSR count). The van der Waals surface area contributed by atoms with Gasteiger partial charge in [-0.15, -0.1) is 0 Å². The van der Waals surface area contributed by atoms with Gasteiger partial charge in [0.05, 0.1) is 11.3 Å². The average molecular weight is 284 g/mol. The number of aryl methyl sites for hydroxylation is 1. The lowest BCUT2D eigenvalue weighted by Crippen LogP contribution is -2.13. The smallest absolute Gasteiger partial charge is 0.337 e. The number of halogens is 1. The number of aromatic carboxylic acids is 1. The van der Waals surface area contributed by atoms with E-state index in [-0.39, 0.29) is 5.56 Å². The number of aliphatic imine (C=N–C) groups is 1. The molecule has 0 aliphatic carbocycles. The van der Waals surface area contributed by atoms with Crippen LogP contribution in [0.1, 0.15) is 15.9 Å². The van der Waals surface area contributed by atoms with Crippen molar-refractivity contribution in [2.24, 2.45) is 4.99 Å². The quantitative estimate of drug-likeness (QED) is 0.377. The SMILES string of the molecule is CSC(=Nc1c(C)cc(Cl)cc1C(=O)O)NC#N. The van der Waals surface area contributed by atoms with Gasteiger partial charge in [0.2, 0.25) is 0 Å². The number of rotatable bonds is 2. The molecule has 0 bridgehead atoms. The first-order chi connectivity index (χ1) is 8.49. The molecule has 0 atom stereocenters. The highest BCUT2D eigenvalue weighted by Crippen LogP contribution is 2.29. The largest absolute Gasteiger partial charge is 0.478 e. The van der Waals surface area contributed by atoms with E-state index in [1.54, 1.807) is 25.4 Å². The minimum atomic E-state index is -1.11. The normalized spacial score (nSPS) is 10.9. The van der Waals surface area contributed by atoms with Crippen LogP contribution >= 0.6 is 23.4 Å². The number of nitriles is 1. The van der Waals surface area contributed by atoms with Gasteiger partial charge in [-0.3, -0.25) is 5.32 Å². The van der Waals surface area contributed by atoms with Crippen LogP contribution in [-0.2, 0) is 0 Å². The molecule has 0 amide bonds. The van der Waals surface area contributed by atoms with Crippen LogP contribution in [0.4, 0.5) is 5.69 Å². The van der Waals surface area contributed by atoms with Gasteiger partial charge in [-0.25, -0.2) is 9.79 Å². The van der Waals surface area contributed by atoms with Crippen LogP contribution in [0.2, 0.25) is 5.02 Å². The zero-order chi connectivity index (χ0) is 13.7. The Bertz CT molecular complexity index is 552. The van der Waals surface area contributed by atoms with Crippen molar-refractivity contribution < 1.29 is 9.90 Å². The van der Waals surface area contributed by atoms with Crippen molar-refractivity contribution in [2.45, 2.75) is 6.92 Å². The maximum atomic E-state index is 11.1. The molecule has 18 heavy (non-hydrogen) atoms. The van der Waals surface area contributed by atoms with E-state index in [0.29, 0.717) is 21.4 Å². The number of carboxylic acid groups (broad SMARTS) is 1. The third-order valence-electron chi connectivity index (χ3n) is 2.07. The lowest BCUT2D eigenvalue weighted by Gasteiger charge is -2.07. The molecule has 0 spiro atoms. The zero-order valence-electron chi connectivity index (χ0n) is 9.69. The molecule has 0 saturated carbocycles. The minimum Gasteiger partial charge on any atom is -0.478 e. The molecule has 0 unspecified atom stereocenters. The van der Waals surface area contributed by atoms with Crippen LogP contribution in [0.25, 0.3) is 0 Å². The molecule has 0 aliphatic rings. The van der Waals surface area contributed by atoms with Crippen molar-refractivity contribution in [3.05, 3.63) is 28.3 Å². The van der Waals surface area contributed by atoms with Crippen molar-refractivity contribution in [3.63, 3.8) is 0 Å². The molecular formula is C11H10ClN3O2S. The summed E-state index contributed by atoms with van der Waals surface area (Å²) >= 11 is 7.03. The second-order valence-electron chi connectivity index (χ2n) is 3.28. The van der Waals surface area contributed by atoms with Gasteiger partial charge in [-0.1, -0.05) is 23.4 Å². The van der Waals surface area contributed by atoms with Gasteiger partial charge in [-0.05, 0) is 30.9 Å². The fourth-order valence-electron chi connectivity index (χ4n) is 1.32. The Kier molecular flexibility index (Phi) is 5.01. The van der Waals surface area contributed by atoms with Crippen LogP contribution < -0.4 is 5.32 Å². The topological polar surface area (TPSA) is 85.5 Å². The highest BCUT2D eigenvalue weighted by atomic mass is 35.5. The molecule has 94 valence electrons. The maximum Gasteiger partial charge on any atom is 0.337 e. The standard InChI is InChI=1S/C11H10ClN3O2S/c1-6-3-7(12)4-8(10(16)17)9(6)15-11(18-2)14-5-13/h3-4H,1-2H3,(H,14,15)(H,16,17). The molecule has 2 N–H and O–H groups in total. The van der Waals surface area contributed by atoms with Gasteiger partial charge in [0, 0.05) is 5.02 Å². The molecule has 7 heteroatoms. The van der Waals surface area contributed by atoms with E-state index >= 15 is 0 Å². The summed E-state index contributed by atoms with van der Waals surface area (Å²) in [4.78, 5) is 15.3. The fraction of sp³-hybridized carbons (Fsp3) is 0.182. The van der Waals surface area contributed by atoms with Crippen molar-refractivity contribution >= 4 is 40.2 Å². The number of benzene rings is 1. The van der Waals surface area contributed by atoms with Crippen molar-refractivity contribution in [3.8, 4) is 6.19 Å². The van der Waals surface area contributed by atoms with Gasteiger partial charge in [0.1, 0.15) is 0 Å². The summed E-state index contributed by atoms with van der Waals surface area (Å²) in [7, 11) is 0. The fourth-order valence-corrected chi connectivity index (χ4v) is 1.92. The van der Waals surface area contributed by atoms with E-state index < -0.39 is 5.97 Å². The van der Waals surface area contributed by atoms with Gasteiger partial charge in [0.25, 0.3) is 0 Å². The number of nitrogens with one attached hydrogen (secondary N) is 1. The minimum absolute atomic E-state index is 0.00582. The molecule has 0 heterocycles. The summed E-state index contributed by atoms with van der Waals surface area (Å²) in [5.41, 5.74) is 0.927. The summed E-state index contributed by atoms with van der Waals surface area (Å²) < 4.78 is 0.